The van der Waals surface area contributed by atoms with Crippen molar-refractivity contribution in [1.82, 2.24) is 4.90 Å². The average molecular weight is 483 g/mol. The first kappa shape index (κ1) is 23.5. The predicted molar refractivity (Wildman–Crippen MR) is 158 cm³/mol. The molecule has 0 saturated carbocycles. The zero-order valence-corrected chi connectivity index (χ0v) is 22.4. The zero-order valence-electron chi connectivity index (χ0n) is 22.4. The van der Waals surface area contributed by atoms with Gasteiger partial charge in [-0.15, -0.1) is 0 Å². The normalized spacial score (nSPS) is 16.0. The number of fused-ring (bicyclic) bond motifs is 2. The molecular formula is C35H34N2. The molecule has 5 aromatic carbocycles. The summed E-state index contributed by atoms with van der Waals surface area (Å²) >= 11 is 0. The summed E-state index contributed by atoms with van der Waals surface area (Å²) in [7, 11) is 2.24. The van der Waals surface area contributed by atoms with E-state index < -0.39 is 0 Å². The molecule has 0 spiro atoms. The van der Waals surface area contributed by atoms with Crippen molar-refractivity contribution in [2.24, 2.45) is 0 Å². The lowest BCUT2D eigenvalue weighted by Gasteiger charge is -2.37. The van der Waals surface area contributed by atoms with E-state index in [-0.39, 0.29) is 11.1 Å². The highest BCUT2D eigenvalue weighted by atomic mass is 15.2. The standard InChI is InChI=1S/C35H34N2/c1-34(2)31-22-20-25(24-32(31)35(3,4)36(34)5)28-21-23-33(30-19-13-12-18-29(28)30)37(26-14-8-6-9-15-26)27-16-10-7-11-17-27/h6-24H,1-5H3. The van der Waals surface area contributed by atoms with Crippen molar-refractivity contribution in [2.45, 2.75) is 38.8 Å². The summed E-state index contributed by atoms with van der Waals surface area (Å²) in [5.41, 5.74) is 8.84. The van der Waals surface area contributed by atoms with E-state index in [2.05, 4.69) is 160 Å². The topological polar surface area (TPSA) is 6.48 Å². The van der Waals surface area contributed by atoms with E-state index in [1.165, 1.54) is 38.7 Å². The molecule has 1 heterocycles. The number of hydrogen-bond acceptors (Lipinski definition) is 2. The number of nitrogens with zero attached hydrogens (tertiary/aromatic N) is 2. The molecule has 0 N–H and O–H groups in total. The van der Waals surface area contributed by atoms with Crippen molar-refractivity contribution in [2.75, 3.05) is 11.9 Å². The molecule has 0 saturated heterocycles. The van der Waals surface area contributed by atoms with Crippen LogP contribution in [0.2, 0.25) is 0 Å². The fourth-order valence-corrected chi connectivity index (χ4v) is 6.12. The molecule has 37 heavy (non-hydrogen) atoms. The third kappa shape index (κ3) is 3.67. The monoisotopic (exact) mass is 482 g/mol. The van der Waals surface area contributed by atoms with Crippen LogP contribution in [0, 0.1) is 0 Å². The molecular weight excluding hydrogens is 448 g/mol. The summed E-state index contributed by atoms with van der Waals surface area (Å²) in [5, 5.41) is 2.50. The molecule has 184 valence electrons. The summed E-state index contributed by atoms with van der Waals surface area (Å²) in [4.78, 5) is 4.85. The van der Waals surface area contributed by atoms with Gasteiger partial charge in [-0.3, -0.25) is 4.90 Å². The number of anilines is 3. The van der Waals surface area contributed by atoms with Crippen LogP contribution in [-0.4, -0.2) is 11.9 Å². The Kier molecular flexibility index (Phi) is 5.47. The van der Waals surface area contributed by atoms with Gasteiger partial charge in [-0.2, -0.15) is 0 Å². The van der Waals surface area contributed by atoms with Gasteiger partial charge >= 0.3 is 0 Å². The number of rotatable bonds is 4. The Bertz CT molecular complexity index is 1540. The van der Waals surface area contributed by atoms with Crippen LogP contribution >= 0.6 is 0 Å². The first-order valence-corrected chi connectivity index (χ1v) is 13.1. The zero-order chi connectivity index (χ0) is 25.8. The maximum Gasteiger partial charge on any atom is 0.0540 e. The summed E-state index contributed by atoms with van der Waals surface area (Å²) in [6.45, 7) is 9.32. The van der Waals surface area contributed by atoms with Gasteiger partial charge in [0.1, 0.15) is 0 Å². The van der Waals surface area contributed by atoms with Crippen molar-refractivity contribution in [3.8, 4) is 11.1 Å². The maximum atomic E-state index is 2.49. The summed E-state index contributed by atoms with van der Waals surface area (Å²) < 4.78 is 0. The Balaban J connectivity index is 1.55. The van der Waals surface area contributed by atoms with Crippen molar-refractivity contribution in [1.29, 1.82) is 0 Å². The minimum atomic E-state index is -0.0258. The highest BCUT2D eigenvalue weighted by Gasteiger charge is 2.46. The molecule has 0 bridgehead atoms. The minimum Gasteiger partial charge on any atom is -0.310 e. The van der Waals surface area contributed by atoms with Crippen molar-refractivity contribution in [3.63, 3.8) is 0 Å². The van der Waals surface area contributed by atoms with Crippen LogP contribution in [0.1, 0.15) is 38.8 Å². The van der Waals surface area contributed by atoms with Gasteiger partial charge in [-0.1, -0.05) is 78.9 Å². The number of benzene rings is 5. The van der Waals surface area contributed by atoms with E-state index in [1.807, 2.05) is 0 Å². The Morgan fingerprint density at radius 3 is 1.70 bits per heavy atom. The van der Waals surface area contributed by atoms with Gasteiger partial charge in [0.05, 0.1) is 5.69 Å². The first-order valence-electron chi connectivity index (χ1n) is 13.1. The van der Waals surface area contributed by atoms with Gasteiger partial charge in [0, 0.05) is 27.8 Å². The van der Waals surface area contributed by atoms with E-state index in [1.54, 1.807) is 0 Å². The average Bonchev–Trinajstić information content (AvgIpc) is 3.06. The van der Waals surface area contributed by atoms with Crippen LogP contribution in [0.4, 0.5) is 17.1 Å². The summed E-state index contributed by atoms with van der Waals surface area (Å²) in [6, 6.07) is 41.7. The quantitative estimate of drug-likeness (QED) is 0.252. The lowest BCUT2D eigenvalue weighted by Crippen LogP contribution is -2.42. The predicted octanol–water partition coefficient (Wildman–Crippen LogP) is 9.39. The smallest absolute Gasteiger partial charge is 0.0540 e. The Morgan fingerprint density at radius 2 is 1.08 bits per heavy atom. The van der Waals surface area contributed by atoms with E-state index in [9.17, 15) is 0 Å². The fourth-order valence-electron chi connectivity index (χ4n) is 6.12. The molecule has 1 aliphatic rings. The Hall–Kier alpha value is -3.88. The third-order valence-electron chi connectivity index (χ3n) is 8.50. The third-order valence-corrected chi connectivity index (χ3v) is 8.50. The molecule has 2 heteroatoms. The molecule has 0 radical (unpaired) electrons. The van der Waals surface area contributed by atoms with Gasteiger partial charge in [-0.05, 0) is 98.8 Å². The van der Waals surface area contributed by atoms with Crippen molar-refractivity contribution in [3.05, 3.63) is 126 Å². The Morgan fingerprint density at radius 1 is 0.541 bits per heavy atom. The van der Waals surface area contributed by atoms with Crippen LogP contribution in [0.5, 0.6) is 0 Å². The maximum absolute atomic E-state index is 2.49. The van der Waals surface area contributed by atoms with Crippen LogP contribution in [0.3, 0.4) is 0 Å². The van der Waals surface area contributed by atoms with Crippen molar-refractivity contribution >= 4 is 27.8 Å². The fraction of sp³-hybridized carbons (Fsp3) is 0.200. The van der Waals surface area contributed by atoms with Crippen LogP contribution in [0.15, 0.2) is 115 Å². The molecule has 0 atom stereocenters. The summed E-state index contributed by atoms with van der Waals surface area (Å²) in [6.07, 6.45) is 0. The van der Waals surface area contributed by atoms with Crippen LogP contribution in [0.25, 0.3) is 21.9 Å². The van der Waals surface area contributed by atoms with Crippen LogP contribution in [-0.2, 0) is 11.1 Å². The molecule has 2 nitrogen and oxygen atoms in total. The molecule has 5 aromatic rings. The molecule has 6 rings (SSSR count). The molecule has 0 unspecified atom stereocenters. The van der Waals surface area contributed by atoms with Gasteiger partial charge in [0.15, 0.2) is 0 Å². The van der Waals surface area contributed by atoms with E-state index in [0.717, 1.165) is 11.4 Å². The van der Waals surface area contributed by atoms with E-state index >= 15 is 0 Å². The lowest BCUT2D eigenvalue weighted by molar-refractivity contribution is 0.0730. The number of para-hydroxylation sites is 2. The second kappa shape index (κ2) is 8.61. The molecule has 0 fully saturated rings. The lowest BCUT2D eigenvalue weighted by atomic mass is 9.87. The van der Waals surface area contributed by atoms with Gasteiger partial charge in [0.2, 0.25) is 0 Å². The summed E-state index contributed by atoms with van der Waals surface area (Å²) in [5.74, 6) is 0. The van der Waals surface area contributed by atoms with E-state index in [4.69, 9.17) is 0 Å². The second-order valence-electron chi connectivity index (χ2n) is 11.1. The number of hydrogen-bond donors (Lipinski definition) is 0. The SMILES string of the molecule is CN1C(C)(C)c2ccc(-c3ccc(N(c4ccccc4)c4ccccc4)c4ccccc34)cc2C1(C)C. The molecule has 1 aliphatic heterocycles. The van der Waals surface area contributed by atoms with Crippen LogP contribution < -0.4 is 4.90 Å². The Labute approximate surface area is 220 Å². The minimum absolute atomic E-state index is 0.00908. The van der Waals surface area contributed by atoms with Gasteiger partial charge in [-0.25, -0.2) is 0 Å². The largest absolute Gasteiger partial charge is 0.310 e. The molecule has 0 aliphatic carbocycles. The van der Waals surface area contributed by atoms with E-state index in [0.29, 0.717) is 0 Å². The molecule has 0 aromatic heterocycles. The van der Waals surface area contributed by atoms with Gasteiger partial charge in [0.25, 0.3) is 0 Å². The second-order valence-corrected chi connectivity index (χ2v) is 11.1. The highest BCUT2D eigenvalue weighted by molar-refractivity contribution is 6.06. The molecule has 0 amide bonds. The highest BCUT2D eigenvalue weighted by Crippen LogP contribution is 2.50. The van der Waals surface area contributed by atoms with Gasteiger partial charge < -0.3 is 4.90 Å². The van der Waals surface area contributed by atoms with Crippen molar-refractivity contribution < 1.29 is 0 Å². The first-order chi connectivity index (χ1) is 17.8.